The topological polar surface area (TPSA) is 38.3 Å². The third-order valence-corrected chi connectivity index (χ3v) is 5.58. The Labute approximate surface area is 156 Å². The number of para-hydroxylation sites is 1. The Morgan fingerprint density at radius 1 is 1.12 bits per heavy atom. The first-order valence-corrected chi connectivity index (χ1v) is 9.68. The van der Waals surface area contributed by atoms with Gasteiger partial charge in [0.25, 0.3) is 0 Å². The van der Waals surface area contributed by atoms with E-state index in [4.69, 9.17) is 4.74 Å². The van der Waals surface area contributed by atoms with Crippen molar-refractivity contribution < 1.29 is 9.53 Å². The van der Waals surface area contributed by atoms with Crippen molar-refractivity contribution in [1.82, 2.24) is 5.32 Å². The fourth-order valence-electron chi connectivity index (χ4n) is 3.71. The van der Waals surface area contributed by atoms with Crippen LogP contribution in [0.5, 0.6) is 5.75 Å². The summed E-state index contributed by atoms with van der Waals surface area (Å²) in [4.78, 5) is 12.6. The number of hydrogen-bond donors (Lipinski definition) is 1. The second-order valence-corrected chi connectivity index (χ2v) is 7.34. The Hall–Kier alpha value is -2.29. The van der Waals surface area contributed by atoms with Crippen LogP contribution in [0.15, 0.2) is 48.5 Å². The maximum atomic E-state index is 12.6. The summed E-state index contributed by atoms with van der Waals surface area (Å²) in [7, 11) is 0. The number of rotatable bonds is 6. The van der Waals surface area contributed by atoms with Crippen LogP contribution in [0, 0.1) is 6.92 Å². The molecule has 0 bridgehead atoms. The number of aryl methyl sites for hydroxylation is 2. The molecule has 0 saturated carbocycles. The normalized spacial score (nSPS) is 17.9. The molecule has 1 heterocycles. The molecule has 0 saturated heterocycles. The minimum Gasteiger partial charge on any atom is -0.487 e. The fourth-order valence-corrected chi connectivity index (χ4v) is 3.71. The Morgan fingerprint density at radius 3 is 2.50 bits per heavy atom. The SMILES string of the molecule is CCC1(CC)C[C@@H](NC(=O)CCc2ccc(C)cc2)c2ccccc2O1. The predicted molar refractivity (Wildman–Crippen MR) is 105 cm³/mol. The zero-order valence-electron chi connectivity index (χ0n) is 16.0. The molecule has 1 N–H and O–H groups in total. The lowest BCUT2D eigenvalue weighted by molar-refractivity contribution is -0.122. The number of benzene rings is 2. The summed E-state index contributed by atoms with van der Waals surface area (Å²) in [6.45, 7) is 6.40. The van der Waals surface area contributed by atoms with E-state index in [0.717, 1.165) is 37.0 Å². The highest BCUT2D eigenvalue weighted by atomic mass is 16.5. The van der Waals surface area contributed by atoms with Crippen LogP contribution in [-0.4, -0.2) is 11.5 Å². The maximum absolute atomic E-state index is 12.6. The summed E-state index contributed by atoms with van der Waals surface area (Å²) in [6, 6.07) is 16.5. The van der Waals surface area contributed by atoms with Crippen LogP contribution in [-0.2, 0) is 11.2 Å². The highest BCUT2D eigenvalue weighted by Gasteiger charge is 2.38. The van der Waals surface area contributed by atoms with Gasteiger partial charge in [-0.3, -0.25) is 4.79 Å². The Balaban J connectivity index is 1.69. The van der Waals surface area contributed by atoms with Crippen molar-refractivity contribution in [2.24, 2.45) is 0 Å². The lowest BCUT2D eigenvalue weighted by Gasteiger charge is -2.41. The van der Waals surface area contributed by atoms with E-state index in [9.17, 15) is 4.79 Å². The molecule has 1 aliphatic heterocycles. The molecule has 0 spiro atoms. The lowest BCUT2D eigenvalue weighted by Crippen LogP contribution is -2.44. The van der Waals surface area contributed by atoms with Gasteiger partial charge in [0.05, 0.1) is 6.04 Å². The van der Waals surface area contributed by atoms with Gasteiger partial charge in [0.1, 0.15) is 11.4 Å². The molecule has 26 heavy (non-hydrogen) atoms. The van der Waals surface area contributed by atoms with Crippen LogP contribution >= 0.6 is 0 Å². The molecule has 138 valence electrons. The zero-order valence-corrected chi connectivity index (χ0v) is 16.0. The first-order chi connectivity index (χ1) is 12.5. The molecule has 3 heteroatoms. The van der Waals surface area contributed by atoms with Crippen LogP contribution < -0.4 is 10.1 Å². The van der Waals surface area contributed by atoms with E-state index in [2.05, 4.69) is 56.4 Å². The van der Waals surface area contributed by atoms with Crippen molar-refractivity contribution in [1.29, 1.82) is 0 Å². The Bertz CT molecular complexity index is 747. The van der Waals surface area contributed by atoms with Gasteiger partial charge in [-0.05, 0) is 37.8 Å². The van der Waals surface area contributed by atoms with Gasteiger partial charge in [0, 0.05) is 18.4 Å². The van der Waals surface area contributed by atoms with Gasteiger partial charge >= 0.3 is 0 Å². The monoisotopic (exact) mass is 351 g/mol. The fraction of sp³-hybridized carbons (Fsp3) is 0.435. The molecule has 2 aromatic carbocycles. The maximum Gasteiger partial charge on any atom is 0.220 e. The third-order valence-electron chi connectivity index (χ3n) is 5.58. The molecule has 0 aliphatic carbocycles. The van der Waals surface area contributed by atoms with Crippen LogP contribution in [0.3, 0.4) is 0 Å². The van der Waals surface area contributed by atoms with Gasteiger partial charge in [-0.25, -0.2) is 0 Å². The van der Waals surface area contributed by atoms with Crippen LogP contribution in [0.1, 0.15) is 62.3 Å². The van der Waals surface area contributed by atoms with Gasteiger partial charge in [0.2, 0.25) is 5.91 Å². The second kappa shape index (κ2) is 7.94. The number of carbonyl (C=O) groups is 1. The quantitative estimate of drug-likeness (QED) is 0.784. The van der Waals surface area contributed by atoms with E-state index in [0.29, 0.717) is 6.42 Å². The number of nitrogens with one attached hydrogen (secondary N) is 1. The van der Waals surface area contributed by atoms with E-state index in [1.54, 1.807) is 0 Å². The summed E-state index contributed by atoms with van der Waals surface area (Å²) in [6.07, 6.45) is 3.98. The van der Waals surface area contributed by atoms with Gasteiger partial charge < -0.3 is 10.1 Å². The van der Waals surface area contributed by atoms with Crippen molar-refractivity contribution in [3.05, 3.63) is 65.2 Å². The van der Waals surface area contributed by atoms with E-state index in [1.807, 2.05) is 18.2 Å². The van der Waals surface area contributed by atoms with E-state index in [1.165, 1.54) is 11.1 Å². The lowest BCUT2D eigenvalue weighted by atomic mass is 9.83. The van der Waals surface area contributed by atoms with Crippen molar-refractivity contribution in [2.45, 2.75) is 64.5 Å². The predicted octanol–water partition coefficient (Wildman–Crippen LogP) is 5.13. The van der Waals surface area contributed by atoms with Crippen LogP contribution in [0.2, 0.25) is 0 Å². The molecule has 1 amide bonds. The summed E-state index contributed by atoms with van der Waals surface area (Å²) in [5.74, 6) is 1.01. The number of amides is 1. The molecule has 0 radical (unpaired) electrons. The molecule has 3 rings (SSSR count). The first-order valence-electron chi connectivity index (χ1n) is 9.68. The average molecular weight is 351 g/mol. The number of hydrogen-bond acceptors (Lipinski definition) is 2. The smallest absolute Gasteiger partial charge is 0.220 e. The molecule has 1 atom stereocenters. The van der Waals surface area contributed by atoms with Crippen molar-refractivity contribution >= 4 is 5.91 Å². The summed E-state index contributed by atoms with van der Waals surface area (Å²) in [5.41, 5.74) is 3.35. The summed E-state index contributed by atoms with van der Waals surface area (Å²) in [5, 5.41) is 3.26. The molecule has 0 aromatic heterocycles. The summed E-state index contributed by atoms with van der Waals surface area (Å²) < 4.78 is 6.32. The Morgan fingerprint density at radius 2 is 1.81 bits per heavy atom. The van der Waals surface area contributed by atoms with Crippen LogP contribution in [0.25, 0.3) is 0 Å². The van der Waals surface area contributed by atoms with E-state index >= 15 is 0 Å². The second-order valence-electron chi connectivity index (χ2n) is 7.34. The highest BCUT2D eigenvalue weighted by Crippen LogP contribution is 2.42. The number of fused-ring (bicyclic) bond motifs is 1. The molecule has 0 unspecified atom stereocenters. The van der Waals surface area contributed by atoms with Gasteiger partial charge in [-0.1, -0.05) is 61.9 Å². The van der Waals surface area contributed by atoms with E-state index in [-0.39, 0.29) is 17.6 Å². The summed E-state index contributed by atoms with van der Waals surface area (Å²) >= 11 is 0. The molecule has 0 fully saturated rings. The molecule has 2 aromatic rings. The van der Waals surface area contributed by atoms with Gasteiger partial charge in [0.15, 0.2) is 0 Å². The molecule has 3 nitrogen and oxygen atoms in total. The first kappa shape index (κ1) is 18.5. The largest absolute Gasteiger partial charge is 0.487 e. The highest BCUT2D eigenvalue weighted by molar-refractivity contribution is 5.77. The zero-order chi connectivity index (χ0) is 18.6. The number of carbonyl (C=O) groups excluding carboxylic acids is 1. The third kappa shape index (κ3) is 4.09. The van der Waals surface area contributed by atoms with Crippen molar-refractivity contribution in [2.75, 3.05) is 0 Å². The van der Waals surface area contributed by atoms with Crippen LogP contribution in [0.4, 0.5) is 0 Å². The van der Waals surface area contributed by atoms with Gasteiger partial charge in [-0.2, -0.15) is 0 Å². The minimum atomic E-state index is -0.191. The Kier molecular flexibility index (Phi) is 5.65. The number of ether oxygens (including phenoxy) is 1. The van der Waals surface area contributed by atoms with Crippen molar-refractivity contribution in [3.63, 3.8) is 0 Å². The minimum absolute atomic E-state index is 0.0189. The standard InChI is InChI=1S/C23H29NO2/c1-4-23(5-2)16-20(19-8-6-7-9-21(19)26-23)24-22(25)15-14-18-12-10-17(3)11-13-18/h6-13,20H,4-5,14-16H2,1-3H3,(H,24,25)/t20-/m1/s1. The molecular weight excluding hydrogens is 322 g/mol. The van der Waals surface area contributed by atoms with E-state index < -0.39 is 0 Å². The van der Waals surface area contributed by atoms with Gasteiger partial charge in [-0.15, -0.1) is 0 Å². The molecular formula is C23H29NO2. The average Bonchev–Trinajstić information content (AvgIpc) is 2.67. The molecule has 1 aliphatic rings. The van der Waals surface area contributed by atoms with Crippen molar-refractivity contribution in [3.8, 4) is 5.75 Å².